The molecule has 1 saturated heterocycles. The fourth-order valence-corrected chi connectivity index (χ4v) is 4.16. The Labute approximate surface area is 214 Å². The minimum Gasteiger partial charge on any atom is -0.465 e. The minimum absolute atomic E-state index is 0.0331. The maximum atomic E-state index is 12.4. The van der Waals surface area contributed by atoms with E-state index < -0.39 is 6.09 Å². The van der Waals surface area contributed by atoms with E-state index in [1.54, 1.807) is 15.6 Å². The number of pyridine rings is 1. The van der Waals surface area contributed by atoms with E-state index in [0.717, 1.165) is 34.0 Å². The zero-order chi connectivity index (χ0) is 26.7. The van der Waals surface area contributed by atoms with Crippen molar-refractivity contribution in [3.05, 3.63) is 35.3 Å². The molecule has 1 fully saturated rings. The van der Waals surface area contributed by atoms with Gasteiger partial charge in [-0.15, -0.1) is 5.10 Å². The average molecular weight is 512 g/mol. The number of amides is 2. The molecular weight excluding hydrogens is 478 g/mol. The quantitative estimate of drug-likeness (QED) is 0.454. The number of fused-ring (bicyclic) bond motifs is 1. The highest BCUT2D eigenvalue weighted by molar-refractivity contribution is 5.82. The Bertz CT molecular complexity index is 1290. The lowest BCUT2D eigenvalue weighted by Crippen LogP contribution is -2.51. The number of nitrogens with two attached hydrogens (primary N) is 1. The van der Waals surface area contributed by atoms with Crippen LogP contribution < -0.4 is 15.4 Å². The van der Waals surface area contributed by atoms with Gasteiger partial charge in [0.1, 0.15) is 12.4 Å². The summed E-state index contributed by atoms with van der Waals surface area (Å²) in [6.45, 7) is 8.11. The minimum atomic E-state index is -1.12. The van der Waals surface area contributed by atoms with Crippen molar-refractivity contribution in [2.24, 2.45) is 0 Å². The number of imidazole rings is 1. The molecule has 1 atom stereocenters. The molecule has 37 heavy (non-hydrogen) atoms. The SMILES string of the molecule is CCC(C)Oc1nc(N)c2ncc(Cc3cnc(N4CCN(C(=O)CN(C)C(=O)O)CC4)c(C)c3)n2n1. The molecule has 0 saturated carbocycles. The Morgan fingerprint density at radius 1 is 1.22 bits per heavy atom. The van der Waals surface area contributed by atoms with Gasteiger partial charge in [-0.3, -0.25) is 4.79 Å². The molecule has 198 valence electrons. The van der Waals surface area contributed by atoms with Gasteiger partial charge < -0.3 is 30.3 Å². The largest absolute Gasteiger partial charge is 0.465 e. The predicted octanol–water partition coefficient (Wildman–Crippen LogP) is 1.44. The first-order chi connectivity index (χ1) is 17.7. The second-order valence-corrected chi connectivity index (χ2v) is 9.27. The first-order valence-electron chi connectivity index (χ1n) is 12.2. The number of rotatable bonds is 8. The van der Waals surface area contributed by atoms with Gasteiger partial charge >= 0.3 is 12.1 Å². The van der Waals surface area contributed by atoms with Gasteiger partial charge in [0.05, 0.1) is 18.0 Å². The molecule has 13 nitrogen and oxygen atoms in total. The van der Waals surface area contributed by atoms with Crippen molar-refractivity contribution in [1.29, 1.82) is 0 Å². The van der Waals surface area contributed by atoms with Crippen molar-refractivity contribution in [2.45, 2.75) is 39.7 Å². The normalized spacial score (nSPS) is 14.6. The van der Waals surface area contributed by atoms with Crippen LogP contribution in [0.15, 0.2) is 18.5 Å². The summed E-state index contributed by atoms with van der Waals surface area (Å²) in [6.07, 6.45) is 3.79. The van der Waals surface area contributed by atoms with Crippen LogP contribution in [0.2, 0.25) is 0 Å². The molecule has 0 radical (unpaired) electrons. The number of anilines is 2. The van der Waals surface area contributed by atoms with E-state index in [-0.39, 0.29) is 30.4 Å². The Morgan fingerprint density at radius 3 is 2.59 bits per heavy atom. The van der Waals surface area contributed by atoms with Crippen LogP contribution in [-0.4, -0.2) is 97.3 Å². The van der Waals surface area contributed by atoms with Gasteiger partial charge in [-0.1, -0.05) is 13.0 Å². The summed E-state index contributed by atoms with van der Waals surface area (Å²) in [7, 11) is 1.39. The molecule has 0 bridgehead atoms. The van der Waals surface area contributed by atoms with Crippen molar-refractivity contribution in [3.8, 4) is 6.01 Å². The lowest BCUT2D eigenvalue weighted by atomic mass is 10.1. The van der Waals surface area contributed by atoms with E-state index in [4.69, 9.17) is 20.6 Å². The Hall–Kier alpha value is -4.16. The smallest absolute Gasteiger partial charge is 0.407 e. The maximum Gasteiger partial charge on any atom is 0.407 e. The van der Waals surface area contributed by atoms with Gasteiger partial charge in [0.25, 0.3) is 0 Å². The lowest BCUT2D eigenvalue weighted by molar-refractivity contribution is -0.132. The molecule has 1 aliphatic heterocycles. The summed E-state index contributed by atoms with van der Waals surface area (Å²) in [5.41, 5.74) is 9.42. The monoisotopic (exact) mass is 511 g/mol. The van der Waals surface area contributed by atoms with E-state index in [2.05, 4.69) is 26.0 Å². The van der Waals surface area contributed by atoms with E-state index in [1.165, 1.54) is 7.05 Å². The molecule has 0 aromatic carbocycles. The first-order valence-corrected chi connectivity index (χ1v) is 12.2. The highest BCUT2D eigenvalue weighted by Crippen LogP contribution is 2.22. The van der Waals surface area contributed by atoms with Gasteiger partial charge in [-0.2, -0.15) is 4.98 Å². The van der Waals surface area contributed by atoms with E-state index in [9.17, 15) is 9.59 Å². The number of piperazine rings is 1. The molecule has 0 aliphatic carbocycles. The molecule has 4 heterocycles. The van der Waals surface area contributed by atoms with Crippen LogP contribution in [0.1, 0.15) is 37.1 Å². The number of carbonyl (C=O) groups is 2. The van der Waals surface area contributed by atoms with Gasteiger partial charge in [-0.05, 0) is 31.4 Å². The zero-order valence-electron chi connectivity index (χ0n) is 21.6. The molecular formula is C24H33N9O4. The van der Waals surface area contributed by atoms with Crippen LogP contribution in [0.4, 0.5) is 16.4 Å². The highest BCUT2D eigenvalue weighted by Gasteiger charge is 2.24. The third-order valence-corrected chi connectivity index (χ3v) is 6.44. The van der Waals surface area contributed by atoms with Crippen LogP contribution in [0.5, 0.6) is 6.01 Å². The van der Waals surface area contributed by atoms with Gasteiger partial charge in [0.2, 0.25) is 5.91 Å². The predicted molar refractivity (Wildman–Crippen MR) is 137 cm³/mol. The van der Waals surface area contributed by atoms with Crippen molar-refractivity contribution in [1.82, 2.24) is 34.4 Å². The Kier molecular flexibility index (Phi) is 7.60. The summed E-state index contributed by atoms with van der Waals surface area (Å²) >= 11 is 0. The summed E-state index contributed by atoms with van der Waals surface area (Å²) in [4.78, 5) is 41.5. The number of ether oxygens (including phenoxy) is 1. The fraction of sp³-hybridized carbons (Fsp3) is 0.500. The maximum absolute atomic E-state index is 12.4. The van der Waals surface area contributed by atoms with Gasteiger partial charge in [0, 0.05) is 45.8 Å². The molecule has 3 aromatic heterocycles. The number of carbonyl (C=O) groups excluding carboxylic acids is 1. The van der Waals surface area contributed by atoms with Crippen molar-refractivity contribution in [3.63, 3.8) is 0 Å². The number of carboxylic acid groups (broad SMARTS) is 1. The molecule has 0 spiro atoms. The van der Waals surface area contributed by atoms with Crippen molar-refractivity contribution in [2.75, 3.05) is 50.4 Å². The second-order valence-electron chi connectivity index (χ2n) is 9.27. The number of hydrogen-bond acceptors (Lipinski definition) is 9. The second kappa shape index (κ2) is 10.8. The van der Waals surface area contributed by atoms with Crippen LogP contribution in [0, 0.1) is 6.92 Å². The summed E-state index contributed by atoms with van der Waals surface area (Å²) in [6, 6.07) is 2.30. The number of aryl methyl sites for hydroxylation is 1. The summed E-state index contributed by atoms with van der Waals surface area (Å²) in [5, 5.41) is 13.5. The third kappa shape index (κ3) is 5.81. The number of likely N-dealkylation sites (N-methyl/N-ethyl adjacent to an activating group) is 1. The van der Waals surface area contributed by atoms with E-state index in [1.807, 2.05) is 27.0 Å². The first kappa shape index (κ1) is 25.9. The third-order valence-electron chi connectivity index (χ3n) is 6.44. The topological polar surface area (TPSA) is 155 Å². The fourth-order valence-electron chi connectivity index (χ4n) is 4.16. The number of aromatic nitrogens is 5. The van der Waals surface area contributed by atoms with Crippen LogP contribution >= 0.6 is 0 Å². The Balaban J connectivity index is 1.43. The number of nitrogens with zero attached hydrogens (tertiary/aromatic N) is 8. The van der Waals surface area contributed by atoms with Crippen molar-refractivity contribution >= 4 is 29.3 Å². The van der Waals surface area contributed by atoms with Crippen LogP contribution in [0.3, 0.4) is 0 Å². The Morgan fingerprint density at radius 2 is 1.95 bits per heavy atom. The average Bonchev–Trinajstić information content (AvgIpc) is 3.27. The van der Waals surface area contributed by atoms with Crippen LogP contribution in [-0.2, 0) is 11.2 Å². The number of nitrogen functional groups attached to an aromatic ring is 1. The molecule has 3 N–H and O–H groups in total. The van der Waals surface area contributed by atoms with Crippen molar-refractivity contribution < 1.29 is 19.4 Å². The van der Waals surface area contributed by atoms with E-state index in [0.29, 0.717) is 38.2 Å². The molecule has 1 unspecified atom stereocenters. The highest BCUT2D eigenvalue weighted by atomic mass is 16.5. The molecule has 1 aliphatic rings. The summed E-state index contributed by atoms with van der Waals surface area (Å²) < 4.78 is 7.43. The number of hydrogen-bond donors (Lipinski definition) is 2. The summed E-state index contributed by atoms with van der Waals surface area (Å²) in [5.74, 6) is 0.934. The molecule has 2 amide bonds. The standard InChI is InChI=1S/C24H33N9O4/c1-5-16(3)37-23-28-20(25)22-27-13-18(33(22)29-23)11-17-10-15(2)21(26-12-17)32-8-6-31(7-9-32)19(34)14-30(4)24(35)36/h10,12-13,16H,5-9,11,14H2,1-4H3,(H,35,36)(H2,25,28,29). The molecule has 4 rings (SSSR count). The van der Waals surface area contributed by atoms with Gasteiger partial charge in [-0.25, -0.2) is 19.3 Å². The molecule has 13 heteroatoms. The lowest BCUT2D eigenvalue weighted by Gasteiger charge is -2.36. The van der Waals surface area contributed by atoms with Crippen LogP contribution in [0.25, 0.3) is 5.65 Å². The molecule has 3 aromatic rings. The zero-order valence-corrected chi connectivity index (χ0v) is 21.6. The van der Waals surface area contributed by atoms with Gasteiger partial charge in [0.15, 0.2) is 11.5 Å². The van der Waals surface area contributed by atoms with E-state index >= 15 is 0 Å².